The van der Waals surface area contributed by atoms with Crippen molar-refractivity contribution in [2.75, 3.05) is 4.90 Å². The van der Waals surface area contributed by atoms with Crippen LogP contribution in [-0.2, 0) is 0 Å². The largest absolute Gasteiger partial charge is 0.456 e. The van der Waals surface area contributed by atoms with Crippen LogP contribution in [0.2, 0.25) is 0 Å². The number of hydrogen-bond donors (Lipinski definition) is 0. The summed E-state index contributed by atoms with van der Waals surface area (Å²) < 4.78 is 6.73. The van der Waals surface area contributed by atoms with Crippen molar-refractivity contribution in [1.82, 2.24) is 0 Å². The Bertz CT molecular complexity index is 2800. The zero-order chi connectivity index (χ0) is 31.6. The quantitative estimate of drug-likeness (QED) is 0.184. The van der Waals surface area contributed by atoms with Gasteiger partial charge in [0.1, 0.15) is 11.2 Å². The van der Waals surface area contributed by atoms with Gasteiger partial charge in [-0.1, -0.05) is 127 Å². The number of para-hydroxylation sites is 1. The Labute approximate surface area is 277 Å². The Morgan fingerprint density at radius 3 is 1.48 bits per heavy atom. The van der Waals surface area contributed by atoms with Crippen LogP contribution in [0.5, 0.6) is 0 Å². The number of nitrogens with zero attached hydrogens (tertiary/aromatic N) is 1. The summed E-state index contributed by atoms with van der Waals surface area (Å²) >= 11 is 0. The molecule has 48 heavy (non-hydrogen) atoms. The van der Waals surface area contributed by atoms with Gasteiger partial charge in [-0.2, -0.15) is 0 Å². The predicted molar refractivity (Wildman–Crippen MR) is 204 cm³/mol. The second kappa shape index (κ2) is 10.6. The number of benzene rings is 9. The Balaban J connectivity index is 1.21. The average molecular weight is 612 g/mol. The highest BCUT2D eigenvalue weighted by atomic mass is 16.3. The van der Waals surface area contributed by atoms with Crippen molar-refractivity contribution < 1.29 is 4.42 Å². The first kappa shape index (κ1) is 26.8. The van der Waals surface area contributed by atoms with E-state index in [0.717, 1.165) is 39.0 Å². The molecule has 0 aliphatic carbocycles. The third-order valence-corrected chi connectivity index (χ3v) is 9.81. The Kier molecular flexibility index (Phi) is 5.91. The lowest BCUT2D eigenvalue weighted by Gasteiger charge is -2.26. The van der Waals surface area contributed by atoms with E-state index in [4.69, 9.17) is 4.42 Å². The summed E-state index contributed by atoms with van der Waals surface area (Å²) in [7, 11) is 0. The maximum atomic E-state index is 6.73. The Hall–Kier alpha value is -6.38. The SMILES string of the molecule is c1ccc(-c2cc3oc4cc(N(c5ccccc5)c5ccc6c7ccccc7c7ccccc7c6c5)ccc4c3c3ccccc23)cc1. The number of hydrogen-bond acceptors (Lipinski definition) is 2. The van der Waals surface area contributed by atoms with E-state index in [1.807, 2.05) is 0 Å². The highest BCUT2D eigenvalue weighted by Gasteiger charge is 2.19. The molecule has 10 aromatic rings. The summed E-state index contributed by atoms with van der Waals surface area (Å²) in [4.78, 5) is 2.34. The van der Waals surface area contributed by atoms with Crippen molar-refractivity contribution in [2.24, 2.45) is 0 Å². The molecule has 0 saturated carbocycles. The molecular formula is C46H29NO. The molecule has 1 heterocycles. The standard InChI is InChI=1S/C46H29NO/c1-3-13-30(14-4-1)42-29-45-46(40-22-12-11-21-38(40)42)41-26-24-33(28-44(41)48-45)47(31-15-5-2-6-16-31)32-23-25-39-36-19-8-7-17-34(36)35-18-9-10-20-37(35)43(39)27-32/h1-29H. The summed E-state index contributed by atoms with van der Waals surface area (Å²) in [5, 5.41) is 12.3. The highest BCUT2D eigenvalue weighted by Crippen LogP contribution is 2.44. The minimum absolute atomic E-state index is 0.871. The van der Waals surface area contributed by atoms with E-state index < -0.39 is 0 Å². The van der Waals surface area contributed by atoms with Crippen molar-refractivity contribution in [1.29, 1.82) is 0 Å². The average Bonchev–Trinajstić information content (AvgIpc) is 3.53. The molecule has 0 aliphatic rings. The molecule has 9 aromatic carbocycles. The zero-order valence-corrected chi connectivity index (χ0v) is 26.1. The second-order valence-corrected chi connectivity index (χ2v) is 12.5. The molecule has 10 rings (SSSR count). The minimum Gasteiger partial charge on any atom is -0.456 e. The normalized spacial score (nSPS) is 11.8. The maximum absolute atomic E-state index is 6.73. The van der Waals surface area contributed by atoms with Crippen LogP contribution < -0.4 is 4.90 Å². The monoisotopic (exact) mass is 611 g/mol. The van der Waals surface area contributed by atoms with E-state index >= 15 is 0 Å². The van der Waals surface area contributed by atoms with E-state index in [-0.39, 0.29) is 0 Å². The summed E-state index contributed by atoms with van der Waals surface area (Å²) in [6, 6.07) is 63.1. The first-order valence-corrected chi connectivity index (χ1v) is 16.4. The lowest BCUT2D eigenvalue weighted by atomic mass is 9.94. The van der Waals surface area contributed by atoms with Crippen molar-refractivity contribution >= 4 is 82.1 Å². The predicted octanol–water partition coefficient (Wildman–Crippen LogP) is 13.3. The van der Waals surface area contributed by atoms with E-state index in [0.29, 0.717) is 0 Å². The third-order valence-electron chi connectivity index (χ3n) is 9.81. The summed E-state index contributed by atoms with van der Waals surface area (Å²) in [5.41, 5.74) is 7.37. The van der Waals surface area contributed by atoms with Gasteiger partial charge < -0.3 is 9.32 Å². The number of anilines is 3. The first-order valence-electron chi connectivity index (χ1n) is 16.4. The molecule has 2 heteroatoms. The Morgan fingerprint density at radius 2 is 0.812 bits per heavy atom. The fraction of sp³-hybridized carbons (Fsp3) is 0. The van der Waals surface area contributed by atoms with Gasteiger partial charge >= 0.3 is 0 Å². The maximum Gasteiger partial charge on any atom is 0.137 e. The fourth-order valence-corrected chi connectivity index (χ4v) is 7.68. The van der Waals surface area contributed by atoms with Crippen molar-refractivity contribution in [3.8, 4) is 11.1 Å². The molecule has 0 bridgehead atoms. The fourth-order valence-electron chi connectivity index (χ4n) is 7.68. The van der Waals surface area contributed by atoms with Gasteiger partial charge in [0.15, 0.2) is 0 Å². The third kappa shape index (κ3) is 4.06. The second-order valence-electron chi connectivity index (χ2n) is 12.5. The minimum atomic E-state index is 0.871. The van der Waals surface area contributed by atoms with Gasteiger partial charge in [-0.05, 0) is 96.7 Å². The number of furan rings is 1. The summed E-state index contributed by atoms with van der Waals surface area (Å²) in [6.07, 6.45) is 0. The molecule has 0 amide bonds. The molecule has 0 atom stereocenters. The van der Waals surface area contributed by atoms with E-state index in [2.05, 4.69) is 181 Å². The van der Waals surface area contributed by atoms with Crippen LogP contribution in [0.1, 0.15) is 0 Å². The summed E-state index contributed by atoms with van der Waals surface area (Å²) in [6.45, 7) is 0. The van der Waals surface area contributed by atoms with Gasteiger partial charge in [0.25, 0.3) is 0 Å². The molecule has 0 N–H and O–H groups in total. The lowest BCUT2D eigenvalue weighted by Crippen LogP contribution is -2.09. The first-order chi connectivity index (χ1) is 23.8. The molecule has 2 nitrogen and oxygen atoms in total. The van der Waals surface area contributed by atoms with Crippen LogP contribution in [-0.4, -0.2) is 0 Å². The van der Waals surface area contributed by atoms with Crippen molar-refractivity contribution in [2.45, 2.75) is 0 Å². The smallest absolute Gasteiger partial charge is 0.137 e. The highest BCUT2D eigenvalue weighted by molar-refractivity contribution is 6.26. The van der Waals surface area contributed by atoms with Crippen LogP contribution in [0, 0.1) is 0 Å². The molecule has 0 saturated heterocycles. The van der Waals surface area contributed by atoms with Crippen molar-refractivity contribution in [3.05, 3.63) is 176 Å². The van der Waals surface area contributed by atoms with Gasteiger partial charge in [-0.3, -0.25) is 0 Å². The van der Waals surface area contributed by atoms with E-state index in [1.165, 1.54) is 54.2 Å². The molecule has 224 valence electrons. The van der Waals surface area contributed by atoms with Gasteiger partial charge in [-0.15, -0.1) is 0 Å². The van der Waals surface area contributed by atoms with Crippen LogP contribution >= 0.6 is 0 Å². The van der Waals surface area contributed by atoms with Gasteiger partial charge in [-0.25, -0.2) is 0 Å². The topological polar surface area (TPSA) is 16.4 Å². The van der Waals surface area contributed by atoms with Crippen LogP contribution in [0.4, 0.5) is 17.1 Å². The molecule has 0 aliphatic heterocycles. The summed E-state index contributed by atoms with van der Waals surface area (Å²) in [5.74, 6) is 0. The molecule has 0 radical (unpaired) electrons. The van der Waals surface area contributed by atoms with Crippen LogP contribution in [0.3, 0.4) is 0 Å². The van der Waals surface area contributed by atoms with Crippen molar-refractivity contribution in [3.63, 3.8) is 0 Å². The van der Waals surface area contributed by atoms with Gasteiger partial charge in [0.2, 0.25) is 0 Å². The van der Waals surface area contributed by atoms with E-state index in [9.17, 15) is 0 Å². The zero-order valence-electron chi connectivity index (χ0n) is 26.1. The lowest BCUT2D eigenvalue weighted by molar-refractivity contribution is 0.669. The molecule has 0 unspecified atom stereocenters. The molecular weight excluding hydrogens is 583 g/mol. The number of fused-ring (bicyclic) bond motifs is 11. The van der Waals surface area contributed by atoms with Gasteiger partial charge in [0.05, 0.1) is 0 Å². The van der Waals surface area contributed by atoms with E-state index in [1.54, 1.807) is 0 Å². The van der Waals surface area contributed by atoms with Gasteiger partial charge in [0, 0.05) is 33.9 Å². The number of rotatable bonds is 4. The van der Waals surface area contributed by atoms with Crippen LogP contribution in [0.25, 0.3) is 76.2 Å². The Morgan fingerprint density at radius 1 is 0.312 bits per heavy atom. The molecule has 1 aromatic heterocycles. The molecule has 0 spiro atoms. The molecule has 0 fully saturated rings. The van der Waals surface area contributed by atoms with Crippen LogP contribution in [0.15, 0.2) is 180 Å².